The van der Waals surface area contributed by atoms with Crippen LogP contribution in [0.2, 0.25) is 0 Å². The zero-order valence-corrected chi connectivity index (χ0v) is 12.6. The van der Waals surface area contributed by atoms with E-state index in [1.165, 1.54) is 0 Å². The minimum Gasteiger partial charge on any atom is -0.324 e. The van der Waals surface area contributed by atoms with Gasteiger partial charge in [-0.3, -0.25) is 9.13 Å². The van der Waals surface area contributed by atoms with Crippen LogP contribution in [0.4, 0.5) is 0 Å². The van der Waals surface area contributed by atoms with Crippen LogP contribution >= 0.6 is 15.2 Å². The molecule has 0 bridgehead atoms. The standard InChI is InChI=1S/C9H23NO6P2/c1-3-9(2)8-10(4-6-17(11,12)13)5-7-18(14,15)16/h9H,3-8H2,1-2H3,(H2,11,12,13)(H2,14,15,16). The highest BCUT2D eigenvalue weighted by atomic mass is 31.2. The van der Waals surface area contributed by atoms with E-state index in [0.29, 0.717) is 12.5 Å². The van der Waals surface area contributed by atoms with Crippen LogP contribution in [0.25, 0.3) is 0 Å². The fourth-order valence-electron chi connectivity index (χ4n) is 1.41. The average Bonchev–Trinajstić information content (AvgIpc) is 2.19. The number of nitrogens with zero attached hydrogens (tertiary/aromatic N) is 1. The molecule has 0 rings (SSSR count). The molecule has 0 aromatic carbocycles. The molecule has 9 heteroatoms. The summed E-state index contributed by atoms with van der Waals surface area (Å²) in [4.78, 5) is 37.0. The summed E-state index contributed by atoms with van der Waals surface area (Å²) in [6.45, 7) is 4.86. The molecule has 0 aromatic rings. The van der Waals surface area contributed by atoms with E-state index >= 15 is 0 Å². The van der Waals surface area contributed by atoms with Crippen molar-refractivity contribution in [2.24, 2.45) is 5.92 Å². The first-order valence-electron chi connectivity index (χ1n) is 5.85. The molecule has 0 saturated carbocycles. The molecule has 0 aromatic heterocycles. The highest BCUT2D eigenvalue weighted by Crippen LogP contribution is 2.35. The van der Waals surface area contributed by atoms with Crippen LogP contribution in [0.5, 0.6) is 0 Å². The maximum absolute atomic E-state index is 10.8. The second-order valence-electron chi connectivity index (χ2n) is 4.59. The Morgan fingerprint density at radius 3 is 1.67 bits per heavy atom. The number of hydrogen-bond acceptors (Lipinski definition) is 3. The summed E-state index contributed by atoms with van der Waals surface area (Å²) in [6, 6.07) is 0. The lowest BCUT2D eigenvalue weighted by Crippen LogP contribution is -2.33. The lowest BCUT2D eigenvalue weighted by atomic mass is 10.1. The van der Waals surface area contributed by atoms with Crippen molar-refractivity contribution in [3.8, 4) is 0 Å². The third-order valence-electron chi connectivity index (χ3n) is 2.68. The van der Waals surface area contributed by atoms with Crippen molar-refractivity contribution in [2.75, 3.05) is 32.0 Å². The van der Waals surface area contributed by atoms with Crippen LogP contribution < -0.4 is 0 Å². The third-order valence-corrected chi connectivity index (χ3v) is 4.25. The smallest absolute Gasteiger partial charge is 0.324 e. The molecule has 0 fully saturated rings. The Labute approximate surface area is 108 Å². The van der Waals surface area contributed by atoms with Gasteiger partial charge in [-0.15, -0.1) is 0 Å². The van der Waals surface area contributed by atoms with Crippen molar-refractivity contribution >= 4 is 15.2 Å². The van der Waals surface area contributed by atoms with Crippen LogP contribution in [0.3, 0.4) is 0 Å². The minimum absolute atomic E-state index is 0.147. The van der Waals surface area contributed by atoms with Crippen LogP contribution in [0.1, 0.15) is 20.3 Å². The zero-order chi connectivity index (χ0) is 14.4. The van der Waals surface area contributed by atoms with Gasteiger partial charge >= 0.3 is 15.2 Å². The molecule has 1 unspecified atom stereocenters. The Bertz CT molecular complexity index is 299. The monoisotopic (exact) mass is 303 g/mol. The van der Waals surface area contributed by atoms with E-state index in [1.54, 1.807) is 4.90 Å². The van der Waals surface area contributed by atoms with E-state index in [4.69, 9.17) is 19.6 Å². The van der Waals surface area contributed by atoms with Crippen molar-refractivity contribution in [3.63, 3.8) is 0 Å². The summed E-state index contributed by atoms with van der Waals surface area (Å²) in [6.07, 6.45) is 0.331. The van der Waals surface area contributed by atoms with Crippen molar-refractivity contribution in [1.29, 1.82) is 0 Å². The number of hydrogen-bond donors (Lipinski definition) is 4. The summed E-state index contributed by atoms with van der Waals surface area (Å²) in [5, 5.41) is 0. The van der Waals surface area contributed by atoms with E-state index in [9.17, 15) is 9.13 Å². The Morgan fingerprint density at radius 1 is 1.00 bits per heavy atom. The summed E-state index contributed by atoms with van der Waals surface area (Å²) < 4.78 is 21.6. The van der Waals surface area contributed by atoms with E-state index in [-0.39, 0.29) is 25.4 Å². The van der Waals surface area contributed by atoms with Crippen LogP contribution in [0, 0.1) is 5.92 Å². The zero-order valence-electron chi connectivity index (χ0n) is 10.8. The quantitative estimate of drug-likeness (QED) is 0.463. The molecule has 4 N–H and O–H groups in total. The summed E-state index contributed by atoms with van der Waals surface area (Å²) in [7, 11) is -8.14. The molecule has 0 saturated heterocycles. The molecule has 0 amide bonds. The fourth-order valence-corrected chi connectivity index (χ4v) is 2.49. The Hall–Kier alpha value is 0.260. The highest BCUT2D eigenvalue weighted by molar-refractivity contribution is 7.52. The Kier molecular flexibility index (Phi) is 7.87. The van der Waals surface area contributed by atoms with E-state index in [1.807, 2.05) is 13.8 Å². The van der Waals surface area contributed by atoms with Crippen molar-refractivity contribution in [3.05, 3.63) is 0 Å². The average molecular weight is 303 g/mol. The van der Waals surface area contributed by atoms with Gasteiger partial charge in [-0.1, -0.05) is 20.3 Å². The summed E-state index contributed by atoms with van der Waals surface area (Å²) >= 11 is 0. The summed E-state index contributed by atoms with van der Waals surface area (Å²) in [5.41, 5.74) is 0. The van der Waals surface area contributed by atoms with Gasteiger partial charge in [0.1, 0.15) is 0 Å². The molecular weight excluding hydrogens is 280 g/mol. The topological polar surface area (TPSA) is 118 Å². The molecule has 110 valence electrons. The predicted molar refractivity (Wildman–Crippen MR) is 69.7 cm³/mol. The SMILES string of the molecule is CCC(C)CN(CCP(=O)(O)O)CCP(=O)(O)O. The van der Waals surface area contributed by atoms with Gasteiger partial charge < -0.3 is 24.5 Å². The molecule has 0 aliphatic heterocycles. The first kappa shape index (κ1) is 18.3. The van der Waals surface area contributed by atoms with Crippen LogP contribution in [0.15, 0.2) is 0 Å². The lowest BCUT2D eigenvalue weighted by molar-refractivity contribution is 0.247. The number of rotatable bonds is 9. The second-order valence-corrected chi connectivity index (χ2v) is 8.14. The lowest BCUT2D eigenvalue weighted by Gasteiger charge is -2.25. The van der Waals surface area contributed by atoms with Gasteiger partial charge in [-0.2, -0.15) is 0 Å². The normalized spacial score (nSPS) is 15.1. The molecule has 18 heavy (non-hydrogen) atoms. The van der Waals surface area contributed by atoms with E-state index in [2.05, 4.69) is 0 Å². The maximum Gasteiger partial charge on any atom is 0.326 e. The van der Waals surface area contributed by atoms with Gasteiger partial charge in [0.15, 0.2) is 0 Å². The van der Waals surface area contributed by atoms with E-state index in [0.717, 1.165) is 6.42 Å². The fraction of sp³-hybridized carbons (Fsp3) is 1.00. The first-order valence-corrected chi connectivity index (χ1v) is 9.44. The predicted octanol–water partition coefficient (Wildman–Crippen LogP) is 0.690. The largest absolute Gasteiger partial charge is 0.326 e. The second kappa shape index (κ2) is 7.75. The Balaban J connectivity index is 4.33. The van der Waals surface area contributed by atoms with Gasteiger partial charge in [0, 0.05) is 19.6 Å². The molecule has 0 aliphatic carbocycles. The van der Waals surface area contributed by atoms with Gasteiger partial charge in [0.05, 0.1) is 12.3 Å². The molecule has 0 spiro atoms. The molecule has 1 atom stereocenters. The van der Waals surface area contributed by atoms with Gasteiger partial charge in [0.2, 0.25) is 0 Å². The molecular formula is C9H23NO6P2. The van der Waals surface area contributed by atoms with Gasteiger partial charge in [-0.25, -0.2) is 0 Å². The summed E-state index contributed by atoms with van der Waals surface area (Å²) in [5.74, 6) is 0.318. The van der Waals surface area contributed by atoms with Crippen molar-refractivity contribution in [1.82, 2.24) is 4.90 Å². The van der Waals surface area contributed by atoms with Crippen molar-refractivity contribution < 1.29 is 28.7 Å². The molecule has 0 radical (unpaired) electrons. The highest BCUT2D eigenvalue weighted by Gasteiger charge is 2.20. The van der Waals surface area contributed by atoms with Gasteiger partial charge in [-0.05, 0) is 5.92 Å². The molecule has 0 heterocycles. The molecule has 0 aliphatic rings. The minimum atomic E-state index is -4.07. The van der Waals surface area contributed by atoms with Crippen molar-refractivity contribution in [2.45, 2.75) is 20.3 Å². The van der Waals surface area contributed by atoms with Gasteiger partial charge in [0.25, 0.3) is 0 Å². The van der Waals surface area contributed by atoms with Crippen LogP contribution in [-0.2, 0) is 9.13 Å². The van der Waals surface area contributed by atoms with E-state index < -0.39 is 15.2 Å². The Morgan fingerprint density at radius 2 is 1.39 bits per heavy atom. The van der Waals surface area contributed by atoms with Crippen LogP contribution in [-0.4, -0.2) is 56.4 Å². The molecule has 7 nitrogen and oxygen atoms in total. The third kappa shape index (κ3) is 11.4. The maximum atomic E-state index is 10.8. The first-order chi connectivity index (χ1) is 8.03.